The van der Waals surface area contributed by atoms with Gasteiger partial charge in [-0.2, -0.15) is 0 Å². The highest BCUT2D eigenvalue weighted by atomic mass is 16.3. The van der Waals surface area contributed by atoms with Crippen LogP contribution in [-0.4, -0.2) is 4.57 Å². The molecule has 2 aromatic heterocycles. The van der Waals surface area contributed by atoms with E-state index in [0.717, 1.165) is 72.3 Å². The number of benzene rings is 12. The predicted octanol–water partition coefficient (Wildman–Crippen LogP) is 19.1. The molecule has 0 aliphatic rings. The zero-order valence-electron chi connectivity index (χ0n) is 38.7. The van der Waals surface area contributed by atoms with Crippen molar-refractivity contribution in [3.63, 3.8) is 0 Å². The van der Waals surface area contributed by atoms with Gasteiger partial charge in [0.1, 0.15) is 11.2 Å². The maximum Gasteiger partial charge on any atom is 0.143 e. The third kappa shape index (κ3) is 6.97. The van der Waals surface area contributed by atoms with Crippen molar-refractivity contribution >= 4 is 82.4 Å². The first kappa shape index (κ1) is 40.6. The van der Waals surface area contributed by atoms with Crippen LogP contribution in [0, 0.1) is 0 Å². The molecule has 0 bridgehead atoms. The van der Waals surface area contributed by atoms with Gasteiger partial charge in [-0.1, -0.05) is 188 Å². The van der Waals surface area contributed by atoms with Gasteiger partial charge < -0.3 is 13.9 Å². The lowest BCUT2D eigenvalue weighted by Crippen LogP contribution is -2.10. The number of rotatable bonds is 8. The summed E-state index contributed by atoms with van der Waals surface area (Å²) in [6.07, 6.45) is 0. The molecule has 332 valence electrons. The highest BCUT2D eigenvalue weighted by Crippen LogP contribution is 2.42. The summed E-state index contributed by atoms with van der Waals surface area (Å²) in [6, 6.07) is 96.7. The molecule has 0 saturated carbocycles. The van der Waals surface area contributed by atoms with Crippen molar-refractivity contribution in [2.75, 3.05) is 4.90 Å². The zero-order chi connectivity index (χ0) is 46.8. The van der Waals surface area contributed by atoms with Crippen LogP contribution in [0.1, 0.15) is 0 Å². The first-order valence-corrected chi connectivity index (χ1v) is 24.3. The number of hydrogen-bond acceptors (Lipinski definition) is 2. The lowest BCUT2D eigenvalue weighted by Gasteiger charge is -2.26. The van der Waals surface area contributed by atoms with Crippen LogP contribution >= 0.6 is 0 Å². The van der Waals surface area contributed by atoms with Gasteiger partial charge >= 0.3 is 0 Å². The summed E-state index contributed by atoms with van der Waals surface area (Å²) in [5.74, 6) is 0. The van der Waals surface area contributed by atoms with Crippen LogP contribution in [0.15, 0.2) is 271 Å². The van der Waals surface area contributed by atoms with Gasteiger partial charge in [-0.15, -0.1) is 0 Å². The molecule has 0 radical (unpaired) electrons. The standard InChI is InChI=1S/C68H44N2O/c1-3-19-58-48(12-1)14-11-23-59(58)50-28-26-45(27-29-50)46-30-36-54(37-31-46)69(56-17-10-16-52(43-56)53-35-41-67-64(44-53)63-40-34-49-13-2-4-20-60(49)68(63)71-67)55-38-32-47(33-39-55)51-15-9-18-57(42-51)70-65-24-7-5-21-61(65)62-22-6-8-25-66(62)70/h1-44H. The highest BCUT2D eigenvalue weighted by Gasteiger charge is 2.18. The first-order valence-electron chi connectivity index (χ1n) is 24.3. The molecule has 14 rings (SSSR count). The summed E-state index contributed by atoms with van der Waals surface area (Å²) in [5.41, 5.74) is 18.0. The van der Waals surface area contributed by atoms with Gasteiger partial charge in [-0.05, 0) is 140 Å². The fourth-order valence-corrected chi connectivity index (χ4v) is 10.9. The SMILES string of the molecule is c1cc(-c2ccc3oc4c5ccccc5ccc4c3c2)cc(N(c2ccc(-c3ccc(-c4cccc5ccccc45)cc3)cc2)c2ccc(-c3cccc(-n4c5ccccc5c5ccccc54)c3)cc2)c1. The monoisotopic (exact) mass is 904 g/mol. The third-order valence-corrected chi connectivity index (χ3v) is 14.4. The molecule has 0 saturated heterocycles. The van der Waals surface area contributed by atoms with Gasteiger partial charge in [-0.25, -0.2) is 0 Å². The molecule has 0 fully saturated rings. The van der Waals surface area contributed by atoms with Crippen molar-refractivity contribution < 1.29 is 4.42 Å². The quantitative estimate of drug-likeness (QED) is 0.151. The molecule has 3 heteroatoms. The van der Waals surface area contributed by atoms with Crippen molar-refractivity contribution in [2.24, 2.45) is 0 Å². The number of nitrogens with zero attached hydrogens (tertiary/aromatic N) is 2. The zero-order valence-corrected chi connectivity index (χ0v) is 38.7. The Balaban J connectivity index is 0.838. The smallest absolute Gasteiger partial charge is 0.143 e. The van der Waals surface area contributed by atoms with Crippen LogP contribution in [0.4, 0.5) is 17.1 Å². The molecular weight excluding hydrogens is 861 g/mol. The van der Waals surface area contributed by atoms with Crippen LogP contribution in [-0.2, 0) is 0 Å². The molecule has 0 atom stereocenters. The maximum atomic E-state index is 6.51. The second kappa shape index (κ2) is 16.7. The van der Waals surface area contributed by atoms with E-state index in [1.165, 1.54) is 60.2 Å². The van der Waals surface area contributed by atoms with Crippen molar-refractivity contribution in [3.8, 4) is 50.2 Å². The number of aromatic nitrogens is 1. The Kier molecular flexibility index (Phi) is 9.53. The van der Waals surface area contributed by atoms with Crippen molar-refractivity contribution in [2.45, 2.75) is 0 Å². The Morgan fingerprint density at radius 2 is 0.789 bits per heavy atom. The normalized spacial score (nSPS) is 11.7. The van der Waals surface area contributed by atoms with Crippen LogP contribution in [0.2, 0.25) is 0 Å². The summed E-state index contributed by atoms with van der Waals surface area (Å²) < 4.78 is 8.89. The van der Waals surface area contributed by atoms with E-state index in [4.69, 9.17) is 4.42 Å². The molecule has 0 amide bonds. The Hall–Kier alpha value is -9.44. The lowest BCUT2D eigenvalue weighted by molar-refractivity contribution is 0.672. The number of fused-ring (bicyclic) bond motifs is 9. The van der Waals surface area contributed by atoms with Gasteiger partial charge in [0.2, 0.25) is 0 Å². The van der Waals surface area contributed by atoms with Crippen molar-refractivity contribution in [3.05, 3.63) is 267 Å². The maximum absolute atomic E-state index is 6.51. The van der Waals surface area contributed by atoms with E-state index >= 15 is 0 Å². The molecule has 14 aromatic rings. The average Bonchev–Trinajstić information content (AvgIpc) is 4.00. The fourth-order valence-electron chi connectivity index (χ4n) is 10.9. The Morgan fingerprint density at radius 1 is 0.282 bits per heavy atom. The number of furan rings is 1. The Morgan fingerprint density at radius 3 is 1.49 bits per heavy atom. The number of para-hydroxylation sites is 2. The molecule has 3 nitrogen and oxygen atoms in total. The van der Waals surface area contributed by atoms with Crippen LogP contribution in [0.25, 0.3) is 115 Å². The Bertz CT molecular complexity index is 4270. The van der Waals surface area contributed by atoms with Crippen molar-refractivity contribution in [1.29, 1.82) is 0 Å². The largest absolute Gasteiger partial charge is 0.455 e. The van der Waals surface area contributed by atoms with Crippen LogP contribution in [0.5, 0.6) is 0 Å². The second-order valence-corrected chi connectivity index (χ2v) is 18.5. The minimum atomic E-state index is 0.891. The summed E-state index contributed by atoms with van der Waals surface area (Å²) in [4.78, 5) is 2.37. The van der Waals surface area contributed by atoms with Crippen molar-refractivity contribution in [1.82, 2.24) is 4.57 Å². The molecular formula is C68H44N2O. The number of hydrogen-bond donors (Lipinski definition) is 0. The summed E-state index contributed by atoms with van der Waals surface area (Å²) >= 11 is 0. The summed E-state index contributed by atoms with van der Waals surface area (Å²) in [7, 11) is 0. The molecule has 2 heterocycles. The van der Waals surface area contributed by atoms with E-state index in [-0.39, 0.29) is 0 Å². The van der Waals surface area contributed by atoms with E-state index in [9.17, 15) is 0 Å². The second-order valence-electron chi connectivity index (χ2n) is 18.5. The fraction of sp³-hybridized carbons (Fsp3) is 0. The number of anilines is 3. The van der Waals surface area contributed by atoms with E-state index in [2.05, 4.69) is 276 Å². The minimum absolute atomic E-state index is 0.891. The van der Waals surface area contributed by atoms with E-state index in [1.54, 1.807) is 0 Å². The van der Waals surface area contributed by atoms with Crippen LogP contribution in [0.3, 0.4) is 0 Å². The summed E-state index contributed by atoms with van der Waals surface area (Å²) in [6.45, 7) is 0. The topological polar surface area (TPSA) is 21.3 Å². The third-order valence-electron chi connectivity index (χ3n) is 14.4. The highest BCUT2D eigenvalue weighted by molar-refractivity contribution is 6.15. The van der Waals surface area contributed by atoms with Gasteiger partial charge in [0, 0.05) is 49.7 Å². The Labute approximate surface area is 411 Å². The average molecular weight is 905 g/mol. The van der Waals surface area contributed by atoms with Gasteiger partial charge in [0.15, 0.2) is 0 Å². The van der Waals surface area contributed by atoms with Crippen LogP contribution < -0.4 is 4.90 Å². The molecule has 0 N–H and O–H groups in total. The predicted molar refractivity (Wildman–Crippen MR) is 299 cm³/mol. The summed E-state index contributed by atoms with van der Waals surface area (Å²) in [5, 5.41) is 9.58. The minimum Gasteiger partial charge on any atom is -0.455 e. The van der Waals surface area contributed by atoms with E-state index in [1.807, 2.05) is 0 Å². The molecule has 12 aromatic carbocycles. The van der Waals surface area contributed by atoms with E-state index in [0.29, 0.717) is 0 Å². The molecule has 0 aliphatic heterocycles. The first-order chi connectivity index (χ1) is 35.2. The van der Waals surface area contributed by atoms with Gasteiger partial charge in [-0.3, -0.25) is 0 Å². The van der Waals surface area contributed by atoms with Gasteiger partial charge in [0.25, 0.3) is 0 Å². The molecule has 0 spiro atoms. The molecule has 71 heavy (non-hydrogen) atoms. The lowest BCUT2D eigenvalue weighted by atomic mass is 9.96. The molecule has 0 aliphatic carbocycles. The molecule has 0 unspecified atom stereocenters. The van der Waals surface area contributed by atoms with E-state index < -0.39 is 0 Å². The van der Waals surface area contributed by atoms with Gasteiger partial charge in [0.05, 0.1) is 11.0 Å².